The van der Waals surface area contributed by atoms with Crippen molar-refractivity contribution in [3.05, 3.63) is 29.6 Å². The monoisotopic (exact) mass is 273 g/mol. The van der Waals surface area contributed by atoms with Gasteiger partial charge in [0.1, 0.15) is 17.9 Å². The highest BCUT2D eigenvalue weighted by molar-refractivity contribution is 6.07. The maximum absolute atomic E-state index is 13.2. The van der Waals surface area contributed by atoms with Crippen molar-refractivity contribution in [2.24, 2.45) is 0 Å². The first-order valence-electron chi connectivity index (χ1n) is 6.42. The molecule has 6 heteroatoms. The van der Waals surface area contributed by atoms with Crippen molar-refractivity contribution in [2.45, 2.75) is 31.3 Å². The van der Waals surface area contributed by atoms with Gasteiger partial charge in [-0.2, -0.15) is 5.26 Å². The first-order valence-corrected chi connectivity index (χ1v) is 6.42. The van der Waals surface area contributed by atoms with Gasteiger partial charge in [0, 0.05) is 11.7 Å². The minimum atomic E-state index is -0.625. The number of carbonyl (C=O) groups is 2. The molecule has 1 saturated heterocycles. The SMILES string of the molecule is N#Cc1cc(NC2CC(=O)N(C3CC3)C2=O)ccc1F. The molecule has 2 amide bonds. The summed E-state index contributed by atoms with van der Waals surface area (Å²) >= 11 is 0. The molecule has 1 aromatic rings. The molecule has 1 aromatic carbocycles. The van der Waals surface area contributed by atoms with Crippen molar-refractivity contribution in [3.8, 4) is 6.07 Å². The number of nitriles is 1. The molecule has 1 heterocycles. The number of likely N-dealkylation sites (tertiary alicyclic amines) is 1. The highest BCUT2D eigenvalue weighted by Gasteiger charge is 2.46. The number of nitrogens with one attached hydrogen (secondary N) is 1. The Morgan fingerprint density at radius 1 is 1.35 bits per heavy atom. The van der Waals surface area contributed by atoms with E-state index in [1.807, 2.05) is 0 Å². The van der Waals surface area contributed by atoms with Gasteiger partial charge in [0.25, 0.3) is 5.91 Å². The van der Waals surface area contributed by atoms with Gasteiger partial charge in [-0.15, -0.1) is 0 Å². The van der Waals surface area contributed by atoms with Gasteiger partial charge in [-0.3, -0.25) is 14.5 Å². The number of hydrogen-bond donors (Lipinski definition) is 1. The Balaban J connectivity index is 1.77. The van der Waals surface area contributed by atoms with Crippen molar-refractivity contribution >= 4 is 17.5 Å². The molecule has 5 nitrogen and oxygen atoms in total. The summed E-state index contributed by atoms with van der Waals surface area (Å²) in [4.78, 5) is 25.2. The van der Waals surface area contributed by atoms with Gasteiger partial charge in [0.05, 0.1) is 12.0 Å². The smallest absolute Gasteiger partial charge is 0.252 e. The van der Waals surface area contributed by atoms with Crippen LogP contribution in [0.2, 0.25) is 0 Å². The molecular formula is C14H12FN3O2. The highest BCUT2D eigenvalue weighted by atomic mass is 19.1. The fraction of sp³-hybridized carbons (Fsp3) is 0.357. The van der Waals surface area contributed by atoms with Crippen LogP contribution in [0, 0.1) is 17.1 Å². The van der Waals surface area contributed by atoms with Crippen LogP contribution in [0.15, 0.2) is 18.2 Å². The van der Waals surface area contributed by atoms with E-state index in [0.717, 1.165) is 12.8 Å². The lowest BCUT2D eigenvalue weighted by Crippen LogP contribution is -2.36. The fourth-order valence-electron chi connectivity index (χ4n) is 2.38. The van der Waals surface area contributed by atoms with Gasteiger partial charge in [0.2, 0.25) is 5.91 Å². The molecule has 1 atom stereocenters. The van der Waals surface area contributed by atoms with E-state index in [1.54, 1.807) is 6.07 Å². The predicted molar refractivity (Wildman–Crippen MR) is 68.0 cm³/mol. The number of halogens is 1. The first-order chi connectivity index (χ1) is 9.60. The summed E-state index contributed by atoms with van der Waals surface area (Å²) in [5, 5.41) is 11.7. The second-order valence-electron chi connectivity index (χ2n) is 5.04. The van der Waals surface area contributed by atoms with Crippen LogP contribution in [0.1, 0.15) is 24.8 Å². The first kappa shape index (κ1) is 12.6. The number of amides is 2. The molecule has 102 valence electrons. The normalized spacial score (nSPS) is 22.0. The summed E-state index contributed by atoms with van der Waals surface area (Å²) in [6.07, 6.45) is 1.85. The Morgan fingerprint density at radius 3 is 2.75 bits per heavy atom. The summed E-state index contributed by atoms with van der Waals surface area (Å²) in [5.41, 5.74) is 0.373. The highest BCUT2D eigenvalue weighted by Crippen LogP contribution is 2.32. The molecule has 1 unspecified atom stereocenters. The van der Waals surface area contributed by atoms with E-state index in [4.69, 9.17) is 5.26 Å². The molecule has 2 aliphatic rings. The number of anilines is 1. The predicted octanol–water partition coefficient (Wildman–Crippen LogP) is 1.40. The third kappa shape index (κ3) is 2.11. The lowest BCUT2D eigenvalue weighted by atomic mass is 10.1. The lowest BCUT2D eigenvalue weighted by molar-refractivity contribution is -0.139. The topological polar surface area (TPSA) is 73.2 Å². The van der Waals surface area contributed by atoms with E-state index >= 15 is 0 Å². The molecule has 20 heavy (non-hydrogen) atoms. The standard InChI is InChI=1S/C14H12FN3O2/c15-11-4-1-9(5-8(11)7-16)17-12-6-13(19)18(14(12)20)10-2-3-10/h1,4-5,10,12,17H,2-3,6H2. The Labute approximate surface area is 115 Å². The minimum Gasteiger partial charge on any atom is -0.373 e. The largest absolute Gasteiger partial charge is 0.373 e. The summed E-state index contributed by atoms with van der Waals surface area (Å²) in [6.45, 7) is 0. The number of benzene rings is 1. The number of carbonyl (C=O) groups excluding carboxylic acids is 2. The number of hydrogen-bond acceptors (Lipinski definition) is 4. The van der Waals surface area contributed by atoms with E-state index in [2.05, 4.69) is 5.32 Å². The molecule has 1 saturated carbocycles. The lowest BCUT2D eigenvalue weighted by Gasteiger charge is -2.15. The second kappa shape index (κ2) is 4.60. The van der Waals surface area contributed by atoms with Crippen LogP contribution in [0.3, 0.4) is 0 Å². The third-order valence-corrected chi connectivity index (χ3v) is 3.52. The van der Waals surface area contributed by atoms with Crippen LogP contribution in [0.25, 0.3) is 0 Å². The van der Waals surface area contributed by atoms with Gasteiger partial charge in [0.15, 0.2) is 0 Å². The van der Waals surface area contributed by atoms with Gasteiger partial charge in [-0.25, -0.2) is 4.39 Å². The average Bonchev–Trinajstić information content (AvgIpc) is 3.20. The zero-order valence-electron chi connectivity index (χ0n) is 10.6. The van der Waals surface area contributed by atoms with Crippen LogP contribution < -0.4 is 5.32 Å². The molecule has 0 bridgehead atoms. The maximum Gasteiger partial charge on any atom is 0.252 e. The van der Waals surface area contributed by atoms with E-state index in [1.165, 1.54) is 23.1 Å². The van der Waals surface area contributed by atoms with Crippen molar-refractivity contribution in [1.82, 2.24) is 4.90 Å². The fourth-order valence-corrected chi connectivity index (χ4v) is 2.38. The van der Waals surface area contributed by atoms with Crippen molar-refractivity contribution in [1.29, 1.82) is 5.26 Å². The maximum atomic E-state index is 13.2. The molecule has 0 spiro atoms. The van der Waals surface area contributed by atoms with Gasteiger partial charge < -0.3 is 5.32 Å². The summed E-state index contributed by atoms with van der Waals surface area (Å²) in [6, 6.07) is 5.13. The zero-order valence-corrected chi connectivity index (χ0v) is 10.6. The van der Waals surface area contributed by atoms with E-state index < -0.39 is 11.9 Å². The summed E-state index contributed by atoms with van der Waals surface area (Å²) < 4.78 is 13.2. The molecule has 0 aromatic heterocycles. The van der Waals surface area contributed by atoms with Crippen LogP contribution in [0.5, 0.6) is 0 Å². The Bertz CT molecular complexity index is 634. The summed E-state index contributed by atoms with van der Waals surface area (Å²) in [7, 11) is 0. The van der Waals surface area contributed by atoms with Crippen LogP contribution >= 0.6 is 0 Å². The van der Waals surface area contributed by atoms with Crippen LogP contribution in [0.4, 0.5) is 10.1 Å². The molecule has 3 rings (SSSR count). The van der Waals surface area contributed by atoms with Crippen LogP contribution in [-0.2, 0) is 9.59 Å². The van der Waals surface area contributed by atoms with E-state index in [0.29, 0.717) is 5.69 Å². The number of nitrogens with zero attached hydrogens (tertiary/aromatic N) is 2. The van der Waals surface area contributed by atoms with Crippen molar-refractivity contribution < 1.29 is 14.0 Å². The Kier molecular flexibility index (Phi) is 2.90. The zero-order chi connectivity index (χ0) is 14.3. The quantitative estimate of drug-likeness (QED) is 0.845. The average molecular weight is 273 g/mol. The number of imide groups is 1. The minimum absolute atomic E-state index is 0.0599. The molecule has 0 radical (unpaired) electrons. The molecule has 2 fully saturated rings. The van der Waals surface area contributed by atoms with Gasteiger partial charge in [-0.1, -0.05) is 0 Å². The van der Waals surface area contributed by atoms with E-state index in [9.17, 15) is 14.0 Å². The molecule has 1 aliphatic heterocycles. The van der Waals surface area contributed by atoms with Gasteiger partial charge in [-0.05, 0) is 31.0 Å². The molecule has 1 N–H and O–H groups in total. The third-order valence-electron chi connectivity index (χ3n) is 3.52. The van der Waals surface area contributed by atoms with E-state index in [-0.39, 0.29) is 29.8 Å². The van der Waals surface area contributed by atoms with Crippen LogP contribution in [-0.4, -0.2) is 28.8 Å². The summed E-state index contributed by atoms with van der Waals surface area (Å²) in [5.74, 6) is -1.01. The van der Waals surface area contributed by atoms with Crippen molar-refractivity contribution in [2.75, 3.05) is 5.32 Å². The Hall–Kier alpha value is -2.42. The van der Waals surface area contributed by atoms with Crippen molar-refractivity contribution in [3.63, 3.8) is 0 Å². The molecule has 1 aliphatic carbocycles. The molecular weight excluding hydrogens is 261 g/mol. The second-order valence-corrected chi connectivity index (χ2v) is 5.04. The Morgan fingerprint density at radius 2 is 2.10 bits per heavy atom. The van der Waals surface area contributed by atoms with Gasteiger partial charge >= 0.3 is 0 Å². The number of rotatable bonds is 3.